The Morgan fingerprint density at radius 2 is 1.93 bits per heavy atom. The minimum atomic E-state index is -0.936. The molecule has 1 aromatic rings. The van der Waals surface area contributed by atoms with Crippen LogP contribution in [0.15, 0.2) is 10.6 Å². The van der Waals surface area contributed by atoms with E-state index >= 15 is 0 Å². The van der Waals surface area contributed by atoms with E-state index in [1.54, 1.807) is 19.9 Å². The van der Waals surface area contributed by atoms with Crippen molar-refractivity contribution >= 4 is 23.6 Å². The lowest BCUT2D eigenvalue weighted by molar-refractivity contribution is -0.181. The quantitative estimate of drug-likeness (QED) is 0.748. The first-order valence-corrected chi connectivity index (χ1v) is 9.93. The summed E-state index contributed by atoms with van der Waals surface area (Å²) < 4.78 is 10.5. The zero-order valence-electron chi connectivity index (χ0n) is 16.5. The number of hydrogen-bond donors (Lipinski definition) is 2. The van der Waals surface area contributed by atoms with Crippen LogP contribution in [0.25, 0.3) is 0 Å². The maximum Gasteiger partial charge on any atom is 0.312 e. The molecule has 0 spiro atoms. The van der Waals surface area contributed by atoms with E-state index in [-0.39, 0.29) is 17.4 Å². The molecule has 4 aliphatic rings. The van der Waals surface area contributed by atoms with Crippen LogP contribution in [0, 0.1) is 24.2 Å². The number of hydrogen-bond acceptors (Lipinski definition) is 6. The lowest BCUT2D eigenvalue weighted by atomic mass is 9.47. The van der Waals surface area contributed by atoms with Crippen molar-refractivity contribution < 1.29 is 23.6 Å². The van der Waals surface area contributed by atoms with Crippen LogP contribution >= 0.6 is 0 Å². The van der Waals surface area contributed by atoms with Crippen molar-refractivity contribution in [3.63, 3.8) is 0 Å². The molecule has 0 aliphatic heterocycles. The SMILES string of the molecule is CC(=O)NC12CC3CC(C1)CC(C(=O)OC(C)C(=O)Nc1cc(C)on1)(C3)C2. The second-order valence-electron chi connectivity index (χ2n) is 9.06. The van der Waals surface area contributed by atoms with Crippen LogP contribution in [0.3, 0.4) is 0 Å². The van der Waals surface area contributed by atoms with Gasteiger partial charge in [0.15, 0.2) is 11.9 Å². The number of amides is 2. The summed E-state index contributed by atoms with van der Waals surface area (Å²) in [5.74, 6) is 0.895. The largest absolute Gasteiger partial charge is 0.452 e. The zero-order chi connectivity index (χ0) is 20.1. The molecule has 5 rings (SSSR count). The van der Waals surface area contributed by atoms with Crippen molar-refractivity contribution in [3.8, 4) is 0 Å². The Balaban J connectivity index is 1.45. The van der Waals surface area contributed by atoms with E-state index in [9.17, 15) is 14.4 Å². The Bertz CT molecular complexity index is 803. The molecule has 0 aromatic carbocycles. The van der Waals surface area contributed by atoms with Crippen LogP contribution in [-0.2, 0) is 19.1 Å². The normalized spacial score (nSPS) is 34.0. The van der Waals surface area contributed by atoms with Gasteiger partial charge in [-0.2, -0.15) is 0 Å². The summed E-state index contributed by atoms with van der Waals surface area (Å²) in [5, 5.41) is 9.45. The Labute approximate surface area is 163 Å². The average Bonchev–Trinajstić information content (AvgIpc) is 2.97. The van der Waals surface area contributed by atoms with Crippen molar-refractivity contribution in [3.05, 3.63) is 11.8 Å². The molecule has 8 nitrogen and oxygen atoms in total. The van der Waals surface area contributed by atoms with Crippen molar-refractivity contribution in [1.82, 2.24) is 10.5 Å². The van der Waals surface area contributed by atoms with Crippen LogP contribution in [-0.4, -0.2) is 34.6 Å². The van der Waals surface area contributed by atoms with E-state index in [1.807, 2.05) is 0 Å². The second kappa shape index (κ2) is 6.60. The lowest BCUT2D eigenvalue weighted by Gasteiger charge is -2.60. The predicted octanol–water partition coefficient (Wildman–Crippen LogP) is 2.33. The monoisotopic (exact) mass is 389 g/mol. The molecular weight excluding hydrogens is 362 g/mol. The number of aryl methyl sites for hydroxylation is 1. The van der Waals surface area contributed by atoms with Gasteiger partial charge in [-0.3, -0.25) is 14.4 Å². The van der Waals surface area contributed by atoms with Gasteiger partial charge >= 0.3 is 5.97 Å². The first kappa shape index (κ1) is 19.0. The molecule has 8 heteroatoms. The topological polar surface area (TPSA) is 111 Å². The summed E-state index contributed by atoms with van der Waals surface area (Å²) in [4.78, 5) is 37.3. The number of rotatable bonds is 5. The van der Waals surface area contributed by atoms with Crippen LogP contribution in [0.2, 0.25) is 0 Å². The molecule has 3 atom stereocenters. The summed E-state index contributed by atoms with van der Waals surface area (Å²) in [5.41, 5.74) is -0.912. The van der Waals surface area contributed by atoms with Gasteiger partial charge in [0.2, 0.25) is 5.91 Å². The molecule has 4 aliphatic carbocycles. The number of anilines is 1. The van der Waals surface area contributed by atoms with E-state index in [4.69, 9.17) is 9.26 Å². The average molecular weight is 389 g/mol. The van der Waals surface area contributed by atoms with Crippen molar-refractivity contribution in [2.75, 3.05) is 5.32 Å². The van der Waals surface area contributed by atoms with Gasteiger partial charge in [0.25, 0.3) is 5.91 Å². The Morgan fingerprint density at radius 1 is 1.25 bits per heavy atom. The van der Waals surface area contributed by atoms with Gasteiger partial charge in [0.05, 0.1) is 5.41 Å². The van der Waals surface area contributed by atoms with Gasteiger partial charge in [-0.15, -0.1) is 0 Å². The predicted molar refractivity (Wildman–Crippen MR) is 99.1 cm³/mol. The molecule has 152 valence electrons. The van der Waals surface area contributed by atoms with Gasteiger partial charge in [-0.25, -0.2) is 0 Å². The van der Waals surface area contributed by atoms with E-state index in [0.717, 1.165) is 32.1 Å². The Kier molecular flexibility index (Phi) is 4.47. The van der Waals surface area contributed by atoms with Gasteiger partial charge in [0, 0.05) is 18.5 Å². The molecule has 1 aromatic heterocycles. The first-order valence-electron chi connectivity index (χ1n) is 9.93. The van der Waals surface area contributed by atoms with Gasteiger partial charge in [-0.1, -0.05) is 5.16 Å². The molecule has 28 heavy (non-hydrogen) atoms. The highest BCUT2D eigenvalue weighted by Crippen LogP contribution is 2.62. The number of ether oxygens (including phenoxy) is 1. The summed E-state index contributed by atoms with van der Waals surface area (Å²) >= 11 is 0. The Morgan fingerprint density at radius 3 is 2.50 bits per heavy atom. The third-order valence-electron chi connectivity index (χ3n) is 6.47. The molecule has 2 N–H and O–H groups in total. The summed E-state index contributed by atoms with van der Waals surface area (Å²) in [6.45, 7) is 4.82. The van der Waals surface area contributed by atoms with Gasteiger partial charge in [0.1, 0.15) is 5.76 Å². The fourth-order valence-electron chi connectivity index (χ4n) is 6.01. The number of carbonyl (C=O) groups is 3. The maximum atomic E-state index is 13.1. The standard InChI is InChI=1S/C20H27N3O5/c1-11-4-16(23-28-11)21-17(25)12(2)27-18(26)19-6-14-5-15(7-19)9-20(8-14,10-19)22-13(3)24/h4,12,14-15H,5-10H2,1-3H3,(H,22,24)(H,21,23,25). The van der Waals surface area contributed by atoms with Crippen molar-refractivity contribution in [2.45, 2.75) is 70.9 Å². The number of nitrogens with one attached hydrogen (secondary N) is 2. The molecule has 2 amide bonds. The summed E-state index contributed by atoms with van der Waals surface area (Å²) in [6, 6.07) is 1.60. The molecule has 4 fully saturated rings. The third-order valence-corrected chi connectivity index (χ3v) is 6.47. The Hall–Kier alpha value is -2.38. The van der Waals surface area contributed by atoms with Crippen LogP contribution in [0.1, 0.15) is 58.1 Å². The van der Waals surface area contributed by atoms with E-state index < -0.39 is 17.4 Å². The van der Waals surface area contributed by atoms with E-state index in [0.29, 0.717) is 29.8 Å². The summed E-state index contributed by atoms with van der Waals surface area (Å²) in [7, 11) is 0. The highest BCUT2D eigenvalue weighted by Gasteiger charge is 2.61. The number of aromatic nitrogens is 1. The van der Waals surface area contributed by atoms with E-state index in [2.05, 4.69) is 15.8 Å². The summed E-state index contributed by atoms with van der Waals surface area (Å²) in [6.07, 6.45) is 4.19. The number of esters is 1. The third kappa shape index (κ3) is 3.40. The van der Waals surface area contributed by atoms with Crippen LogP contribution in [0.4, 0.5) is 5.82 Å². The molecule has 4 bridgehead atoms. The molecule has 1 heterocycles. The lowest BCUT2D eigenvalue weighted by Crippen LogP contribution is -2.65. The molecule has 3 unspecified atom stereocenters. The highest BCUT2D eigenvalue weighted by atomic mass is 16.5. The first-order chi connectivity index (χ1) is 13.2. The minimum Gasteiger partial charge on any atom is -0.452 e. The molecule has 0 saturated heterocycles. The van der Waals surface area contributed by atoms with Gasteiger partial charge < -0.3 is 19.9 Å². The maximum absolute atomic E-state index is 13.1. The van der Waals surface area contributed by atoms with Crippen LogP contribution in [0.5, 0.6) is 0 Å². The zero-order valence-corrected chi connectivity index (χ0v) is 16.5. The number of nitrogens with zero attached hydrogens (tertiary/aromatic N) is 1. The second-order valence-corrected chi connectivity index (χ2v) is 9.06. The molecule has 0 radical (unpaired) electrons. The van der Waals surface area contributed by atoms with Crippen molar-refractivity contribution in [2.24, 2.45) is 17.3 Å². The smallest absolute Gasteiger partial charge is 0.312 e. The number of carbonyl (C=O) groups excluding carboxylic acids is 3. The fraction of sp³-hybridized carbons (Fsp3) is 0.700. The molecular formula is C20H27N3O5. The van der Waals surface area contributed by atoms with Crippen molar-refractivity contribution in [1.29, 1.82) is 0 Å². The van der Waals surface area contributed by atoms with Crippen LogP contribution < -0.4 is 10.6 Å². The van der Waals surface area contributed by atoms with Gasteiger partial charge in [-0.05, 0) is 64.2 Å². The minimum absolute atomic E-state index is 0.0545. The highest BCUT2D eigenvalue weighted by molar-refractivity contribution is 5.94. The molecule has 4 saturated carbocycles. The fourth-order valence-corrected chi connectivity index (χ4v) is 6.01. The van der Waals surface area contributed by atoms with E-state index in [1.165, 1.54) is 6.92 Å².